The van der Waals surface area contributed by atoms with Crippen LogP contribution in [0.15, 0.2) is 65.6 Å². The molecule has 1 heterocycles. The second-order valence-corrected chi connectivity index (χ2v) is 10.4. The molecular formula is C27H28N2O7S. The van der Waals surface area contributed by atoms with Gasteiger partial charge in [0.2, 0.25) is 6.10 Å². The van der Waals surface area contributed by atoms with Gasteiger partial charge in [-0.05, 0) is 79.9 Å². The summed E-state index contributed by atoms with van der Waals surface area (Å²) in [6, 6.07) is 16.7. The van der Waals surface area contributed by atoms with Gasteiger partial charge in [-0.1, -0.05) is 18.2 Å². The minimum Gasteiger partial charge on any atom is -0.483 e. The third kappa shape index (κ3) is 5.69. The van der Waals surface area contributed by atoms with Crippen molar-refractivity contribution in [2.24, 2.45) is 0 Å². The number of hydrogen-bond donors (Lipinski definition) is 1. The molecule has 10 heteroatoms. The Morgan fingerprint density at radius 2 is 1.76 bits per heavy atom. The van der Waals surface area contributed by atoms with Gasteiger partial charge in [-0.15, -0.1) is 0 Å². The molecule has 1 unspecified atom stereocenters. The first kappa shape index (κ1) is 26.0. The molecule has 194 valence electrons. The van der Waals surface area contributed by atoms with Crippen LogP contribution >= 0.6 is 0 Å². The highest BCUT2D eigenvalue weighted by Crippen LogP contribution is 2.33. The van der Waals surface area contributed by atoms with Crippen molar-refractivity contribution >= 4 is 33.3 Å². The van der Waals surface area contributed by atoms with Crippen LogP contribution in [0.1, 0.15) is 16.7 Å². The molecule has 1 aliphatic rings. The Balaban J connectivity index is 1.47. The standard InChI is InChI=1S/C27H28N2O7S/c1-17-9-10-20(13-18(17)2)28-37(32,33)21-11-12-23(19(3)14-21)35-16-26(30)29-15-25(27(31)34-4)36-24-8-6-5-7-22(24)29/h5-14,25,28H,15-16H2,1-4H3. The fourth-order valence-corrected chi connectivity index (χ4v) is 5.05. The van der Waals surface area contributed by atoms with Gasteiger partial charge < -0.3 is 19.1 Å². The Hall–Kier alpha value is -4.05. The van der Waals surface area contributed by atoms with Crippen molar-refractivity contribution in [3.05, 3.63) is 77.4 Å². The van der Waals surface area contributed by atoms with E-state index in [1.807, 2.05) is 19.9 Å². The molecule has 4 rings (SSSR count). The number of benzene rings is 3. The number of para-hydroxylation sites is 2. The molecule has 9 nitrogen and oxygen atoms in total. The van der Waals surface area contributed by atoms with E-state index < -0.39 is 28.0 Å². The van der Waals surface area contributed by atoms with Crippen molar-refractivity contribution in [1.82, 2.24) is 0 Å². The van der Waals surface area contributed by atoms with Crippen molar-refractivity contribution in [3.8, 4) is 11.5 Å². The van der Waals surface area contributed by atoms with Crippen molar-refractivity contribution in [1.29, 1.82) is 0 Å². The molecule has 1 amide bonds. The van der Waals surface area contributed by atoms with Crippen LogP contribution < -0.4 is 19.1 Å². The van der Waals surface area contributed by atoms with Crippen molar-refractivity contribution < 1.29 is 32.2 Å². The topological polar surface area (TPSA) is 111 Å². The minimum atomic E-state index is -3.82. The Kier molecular flexibility index (Phi) is 7.40. The Bertz CT molecular complexity index is 1450. The molecular weight excluding hydrogens is 496 g/mol. The van der Waals surface area contributed by atoms with Crippen molar-refractivity contribution in [2.75, 3.05) is 29.9 Å². The summed E-state index contributed by atoms with van der Waals surface area (Å²) >= 11 is 0. The molecule has 1 N–H and O–H groups in total. The molecule has 0 radical (unpaired) electrons. The van der Waals surface area contributed by atoms with Crippen LogP contribution in [0.2, 0.25) is 0 Å². The first-order valence-electron chi connectivity index (χ1n) is 11.6. The van der Waals surface area contributed by atoms with E-state index in [9.17, 15) is 18.0 Å². The second kappa shape index (κ2) is 10.5. The van der Waals surface area contributed by atoms with Crippen LogP contribution in [0.5, 0.6) is 11.5 Å². The van der Waals surface area contributed by atoms with E-state index in [0.29, 0.717) is 28.4 Å². The van der Waals surface area contributed by atoms with Gasteiger partial charge in [-0.2, -0.15) is 0 Å². The lowest BCUT2D eigenvalue weighted by molar-refractivity contribution is -0.148. The predicted molar refractivity (Wildman–Crippen MR) is 139 cm³/mol. The molecule has 3 aromatic rings. The molecule has 3 aromatic carbocycles. The molecule has 0 aromatic heterocycles. The number of nitrogens with one attached hydrogen (secondary N) is 1. The van der Waals surface area contributed by atoms with Gasteiger partial charge in [0, 0.05) is 5.69 Å². The number of rotatable bonds is 7. The number of sulfonamides is 1. The second-order valence-electron chi connectivity index (χ2n) is 8.72. The van der Waals surface area contributed by atoms with Gasteiger partial charge in [0.1, 0.15) is 11.5 Å². The molecule has 1 atom stereocenters. The van der Waals surface area contributed by atoms with Crippen molar-refractivity contribution in [2.45, 2.75) is 31.8 Å². The number of fused-ring (bicyclic) bond motifs is 1. The summed E-state index contributed by atoms with van der Waals surface area (Å²) < 4.78 is 44.6. The minimum absolute atomic E-state index is 0.0216. The SMILES string of the molecule is COC(=O)C1CN(C(=O)COc2ccc(S(=O)(=O)Nc3ccc(C)c(C)c3)cc2C)c2ccccc2O1. The van der Waals surface area contributed by atoms with Gasteiger partial charge in [-0.25, -0.2) is 13.2 Å². The van der Waals surface area contributed by atoms with Gasteiger partial charge in [0.05, 0.1) is 24.2 Å². The lowest BCUT2D eigenvalue weighted by Gasteiger charge is -2.33. The highest BCUT2D eigenvalue weighted by molar-refractivity contribution is 7.92. The smallest absolute Gasteiger partial charge is 0.348 e. The van der Waals surface area contributed by atoms with E-state index in [0.717, 1.165) is 11.1 Å². The zero-order valence-electron chi connectivity index (χ0n) is 21.0. The highest BCUT2D eigenvalue weighted by Gasteiger charge is 2.34. The molecule has 0 saturated carbocycles. The zero-order valence-corrected chi connectivity index (χ0v) is 21.8. The number of hydrogen-bond acceptors (Lipinski definition) is 7. The largest absolute Gasteiger partial charge is 0.483 e. The number of amides is 1. The van der Waals surface area contributed by atoms with E-state index in [2.05, 4.69) is 4.72 Å². The summed E-state index contributed by atoms with van der Waals surface area (Å²) in [5.41, 5.74) is 3.59. The third-order valence-electron chi connectivity index (χ3n) is 6.11. The van der Waals surface area contributed by atoms with Gasteiger partial charge in [0.15, 0.2) is 6.61 Å². The predicted octanol–water partition coefficient (Wildman–Crippen LogP) is 3.76. The summed E-state index contributed by atoms with van der Waals surface area (Å²) in [5.74, 6) is -0.225. The molecule has 37 heavy (non-hydrogen) atoms. The number of carbonyl (C=O) groups excluding carboxylic acids is 2. The Morgan fingerprint density at radius 1 is 1.00 bits per heavy atom. The summed E-state index contributed by atoms with van der Waals surface area (Å²) in [7, 11) is -2.56. The van der Waals surface area contributed by atoms with E-state index in [1.165, 1.54) is 30.2 Å². The lowest BCUT2D eigenvalue weighted by Crippen LogP contribution is -2.48. The molecule has 0 aliphatic carbocycles. The van der Waals surface area contributed by atoms with Crippen LogP contribution in [0, 0.1) is 20.8 Å². The van der Waals surface area contributed by atoms with Crippen LogP contribution in [-0.2, 0) is 24.3 Å². The first-order valence-corrected chi connectivity index (χ1v) is 13.0. The molecule has 0 saturated heterocycles. The maximum Gasteiger partial charge on any atom is 0.348 e. The Labute approximate surface area is 216 Å². The molecule has 0 spiro atoms. The lowest BCUT2D eigenvalue weighted by atomic mass is 10.1. The van der Waals surface area contributed by atoms with Gasteiger partial charge >= 0.3 is 5.97 Å². The van der Waals surface area contributed by atoms with Crippen molar-refractivity contribution in [3.63, 3.8) is 0 Å². The van der Waals surface area contributed by atoms with Gasteiger partial charge in [0.25, 0.3) is 15.9 Å². The maximum absolute atomic E-state index is 13.1. The van der Waals surface area contributed by atoms with E-state index >= 15 is 0 Å². The molecule has 1 aliphatic heterocycles. The van der Waals surface area contributed by atoms with E-state index in [-0.39, 0.29) is 18.0 Å². The van der Waals surface area contributed by atoms with Crippen LogP contribution in [0.4, 0.5) is 11.4 Å². The molecule has 0 bridgehead atoms. The number of ether oxygens (including phenoxy) is 3. The zero-order chi connectivity index (χ0) is 26.7. The maximum atomic E-state index is 13.1. The number of aryl methyl sites for hydroxylation is 3. The average molecular weight is 525 g/mol. The fraction of sp³-hybridized carbons (Fsp3) is 0.259. The monoisotopic (exact) mass is 524 g/mol. The quantitative estimate of drug-likeness (QED) is 0.469. The number of esters is 1. The van der Waals surface area contributed by atoms with Gasteiger partial charge in [-0.3, -0.25) is 9.52 Å². The number of anilines is 2. The number of methoxy groups -OCH3 is 1. The summed E-state index contributed by atoms with van der Waals surface area (Å²) in [6.07, 6.45) is -0.958. The number of carbonyl (C=O) groups is 2. The summed E-state index contributed by atoms with van der Waals surface area (Å²) in [4.78, 5) is 26.6. The Morgan fingerprint density at radius 3 is 2.46 bits per heavy atom. The van der Waals surface area contributed by atoms with Crippen LogP contribution in [-0.4, -0.2) is 46.7 Å². The first-order chi connectivity index (χ1) is 17.6. The summed E-state index contributed by atoms with van der Waals surface area (Å²) in [6.45, 7) is 5.22. The van der Waals surface area contributed by atoms with Crippen LogP contribution in [0.3, 0.4) is 0 Å². The van der Waals surface area contributed by atoms with E-state index in [4.69, 9.17) is 14.2 Å². The average Bonchev–Trinajstić information content (AvgIpc) is 2.88. The number of nitrogens with zero attached hydrogens (tertiary/aromatic N) is 1. The summed E-state index contributed by atoms with van der Waals surface area (Å²) in [5, 5.41) is 0. The van der Waals surface area contributed by atoms with Crippen LogP contribution in [0.25, 0.3) is 0 Å². The normalized spacial score (nSPS) is 14.8. The van der Waals surface area contributed by atoms with E-state index in [1.54, 1.807) is 43.3 Å². The third-order valence-corrected chi connectivity index (χ3v) is 7.48. The molecule has 0 fully saturated rings. The fourth-order valence-electron chi connectivity index (χ4n) is 3.91. The highest BCUT2D eigenvalue weighted by atomic mass is 32.2.